The third kappa shape index (κ3) is 5.08. The minimum Gasteiger partial charge on any atom is -0.383 e. The number of nitrogen functional groups attached to an aromatic ring is 1. The van der Waals surface area contributed by atoms with Crippen LogP contribution in [0.1, 0.15) is 41.6 Å². The number of nitrogens with zero attached hydrogens (tertiary/aromatic N) is 4. The topological polar surface area (TPSA) is 145 Å². The number of anilines is 1. The minimum absolute atomic E-state index is 0.0466. The molecule has 2 amide bonds. The SMILES string of the molecule is CC(=O)NCC#Cc1cccc2nc(C(C)NC(=O)c3c(N)ncc4cccnc34)n(-c3ccccc3)c(=O)c12. The second-order valence-electron chi connectivity index (χ2n) is 9.01. The molecule has 5 aromatic rings. The molecule has 3 aromatic heterocycles. The van der Waals surface area contributed by atoms with E-state index in [-0.39, 0.29) is 29.4 Å². The summed E-state index contributed by atoms with van der Waals surface area (Å²) in [7, 11) is 0. The molecule has 0 spiro atoms. The van der Waals surface area contributed by atoms with Gasteiger partial charge in [-0.15, -0.1) is 0 Å². The molecule has 2 aromatic carbocycles. The molecule has 0 saturated carbocycles. The first-order valence-electron chi connectivity index (χ1n) is 12.5. The molecule has 0 radical (unpaired) electrons. The molecule has 5 rings (SSSR count). The van der Waals surface area contributed by atoms with Gasteiger partial charge in [0.15, 0.2) is 0 Å². The van der Waals surface area contributed by atoms with Crippen molar-refractivity contribution in [2.24, 2.45) is 0 Å². The number of nitrogens with two attached hydrogens (primary N) is 1. The van der Waals surface area contributed by atoms with Crippen LogP contribution in [0, 0.1) is 11.8 Å². The van der Waals surface area contributed by atoms with Gasteiger partial charge >= 0.3 is 0 Å². The maximum atomic E-state index is 14.0. The van der Waals surface area contributed by atoms with Gasteiger partial charge in [0.05, 0.1) is 34.7 Å². The van der Waals surface area contributed by atoms with Crippen molar-refractivity contribution >= 4 is 39.4 Å². The minimum atomic E-state index is -0.710. The van der Waals surface area contributed by atoms with Crippen molar-refractivity contribution in [3.63, 3.8) is 0 Å². The number of carbonyl (C=O) groups is 2. The average molecular weight is 532 g/mol. The molecule has 0 aliphatic carbocycles. The number of nitrogens with one attached hydrogen (secondary N) is 2. The van der Waals surface area contributed by atoms with Gasteiger partial charge < -0.3 is 16.4 Å². The molecule has 0 aliphatic rings. The molecule has 40 heavy (non-hydrogen) atoms. The first-order chi connectivity index (χ1) is 19.3. The molecule has 1 atom stereocenters. The summed E-state index contributed by atoms with van der Waals surface area (Å²) >= 11 is 0. The Bertz CT molecular complexity index is 1890. The quantitative estimate of drug-likeness (QED) is 0.296. The number of rotatable bonds is 5. The summed E-state index contributed by atoms with van der Waals surface area (Å²) in [5.74, 6) is 5.52. The maximum absolute atomic E-state index is 14.0. The predicted octanol–water partition coefficient (Wildman–Crippen LogP) is 2.89. The van der Waals surface area contributed by atoms with E-state index in [0.29, 0.717) is 38.9 Å². The van der Waals surface area contributed by atoms with Crippen LogP contribution in [0.15, 0.2) is 77.9 Å². The zero-order valence-corrected chi connectivity index (χ0v) is 21.8. The highest BCUT2D eigenvalue weighted by Crippen LogP contribution is 2.23. The number of carbonyl (C=O) groups excluding carboxylic acids is 2. The molecule has 0 fully saturated rings. The van der Waals surface area contributed by atoms with Crippen LogP contribution in [0.25, 0.3) is 27.5 Å². The summed E-state index contributed by atoms with van der Waals surface area (Å²) in [6, 6.07) is 17.1. The van der Waals surface area contributed by atoms with Crippen molar-refractivity contribution in [1.82, 2.24) is 30.2 Å². The zero-order valence-electron chi connectivity index (χ0n) is 21.8. The highest BCUT2D eigenvalue weighted by Gasteiger charge is 2.23. The molecule has 0 bridgehead atoms. The van der Waals surface area contributed by atoms with Crippen LogP contribution in [-0.4, -0.2) is 37.9 Å². The Kier molecular flexibility index (Phi) is 7.20. The number of hydrogen-bond acceptors (Lipinski definition) is 7. The lowest BCUT2D eigenvalue weighted by atomic mass is 10.1. The predicted molar refractivity (Wildman–Crippen MR) is 153 cm³/mol. The summed E-state index contributed by atoms with van der Waals surface area (Å²) in [6.07, 6.45) is 3.14. The number of aromatic nitrogens is 4. The molecule has 0 saturated heterocycles. The smallest absolute Gasteiger partial charge is 0.267 e. The van der Waals surface area contributed by atoms with Gasteiger partial charge in [-0.05, 0) is 43.3 Å². The summed E-state index contributed by atoms with van der Waals surface area (Å²) in [4.78, 5) is 52.0. The monoisotopic (exact) mass is 531 g/mol. The molecular formula is C30H25N7O3. The first-order valence-corrected chi connectivity index (χ1v) is 12.5. The van der Waals surface area contributed by atoms with Gasteiger partial charge in [0.1, 0.15) is 17.2 Å². The largest absolute Gasteiger partial charge is 0.383 e. The van der Waals surface area contributed by atoms with E-state index in [0.717, 1.165) is 0 Å². The van der Waals surface area contributed by atoms with Gasteiger partial charge in [0, 0.05) is 30.3 Å². The van der Waals surface area contributed by atoms with E-state index in [1.165, 1.54) is 11.5 Å². The van der Waals surface area contributed by atoms with Crippen molar-refractivity contribution in [3.8, 4) is 17.5 Å². The number of hydrogen-bond donors (Lipinski definition) is 3. The van der Waals surface area contributed by atoms with E-state index in [9.17, 15) is 14.4 Å². The summed E-state index contributed by atoms with van der Waals surface area (Å²) in [5, 5.41) is 6.54. The average Bonchev–Trinajstić information content (AvgIpc) is 2.95. The molecule has 198 valence electrons. The van der Waals surface area contributed by atoms with Crippen LogP contribution in [0.5, 0.6) is 0 Å². The normalized spacial score (nSPS) is 11.4. The summed E-state index contributed by atoms with van der Waals surface area (Å²) in [6.45, 7) is 3.30. The number of benzene rings is 2. The highest BCUT2D eigenvalue weighted by atomic mass is 16.2. The van der Waals surface area contributed by atoms with Gasteiger partial charge in [-0.1, -0.05) is 36.1 Å². The van der Waals surface area contributed by atoms with Crippen LogP contribution >= 0.6 is 0 Å². The molecular weight excluding hydrogens is 506 g/mol. The second kappa shape index (κ2) is 11.0. The van der Waals surface area contributed by atoms with E-state index < -0.39 is 11.9 Å². The van der Waals surface area contributed by atoms with Crippen LogP contribution in [-0.2, 0) is 4.79 Å². The molecule has 4 N–H and O–H groups in total. The lowest BCUT2D eigenvalue weighted by Gasteiger charge is -2.20. The van der Waals surface area contributed by atoms with E-state index >= 15 is 0 Å². The zero-order chi connectivity index (χ0) is 28.2. The maximum Gasteiger partial charge on any atom is 0.267 e. The Hall–Kier alpha value is -5.56. The van der Waals surface area contributed by atoms with Crippen LogP contribution < -0.4 is 21.9 Å². The third-order valence-electron chi connectivity index (χ3n) is 6.22. The Morgan fingerprint density at radius 1 is 1.05 bits per heavy atom. The molecule has 10 heteroatoms. The van der Waals surface area contributed by atoms with E-state index in [4.69, 9.17) is 10.7 Å². The van der Waals surface area contributed by atoms with Gasteiger partial charge in [0.25, 0.3) is 11.5 Å². The van der Waals surface area contributed by atoms with Crippen LogP contribution in [0.4, 0.5) is 5.82 Å². The standard InChI is InChI=1S/C30H25N7O3/c1-18(35-29(39)25-26-21(11-8-16-33-26)17-34-27(25)31)28-36-23-14-6-9-20(10-7-15-32-19(2)38)24(23)30(40)37(28)22-12-4-3-5-13-22/h3-6,8-9,11-14,16-18H,15H2,1-2H3,(H2,31,34)(H,32,38)(H,35,39). The third-order valence-corrected chi connectivity index (χ3v) is 6.22. The molecule has 1 unspecified atom stereocenters. The number of para-hydroxylation sites is 1. The van der Waals surface area contributed by atoms with E-state index in [1.54, 1.807) is 61.8 Å². The van der Waals surface area contributed by atoms with Crippen molar-refractivity contribution < 1.29 is 9.59 Å². The van der Waals surface area contributed by atoms with E-state index in [1.807, 2.05) is 18.2 Å². The van der Waals surface area contributed by atoms with Gasteiger partial charge in [-0.25, -0.2) is 9.97 Å². The van der Waals surface area contributed by atoms with Crippen molar-refractivity contribution in [3.05, 3.63) is 100 Å². The molecule has 10 nitrogen and oxygen atoms in total. The van der Waals surface area contributed by atoms with Crippen molar-refractivity contribution in [2.75, 3.05) is 12.3 Å². The molecule has 3 heterocycles. The van der Waals surface area contributed by atoms with Crippen molar-refractivity contribution in [2.45, 2.75) is 19.9 Å². The number of amides is 2. The highest BCUT2D eigenvalue weighted by molar-refractivity contribution is 6.09. The van der Waals surface area contributed by atoms with Gasteiger partial charge in [-0.3, -0.25) is 23.9 Å². The van der Waals surface area contributed by atoms with Gasteiger partial charge in [0.2, 0.25) is 5.91 Å². The van der Waals surface area contributed by atoms with Crippen molar-refractivity contribution in [1.29, 1.82) is 0 Å². The number of fused-ring (bicyclic) bond motifs is 2. The lowest BCUT2D eigenvalue weighted by Crippen LogP contribution is -2.34. The Balaban J connectivity index is 1.62. The fourth-order valence-corrected chi connectivity index (χ4v) is 4.39. The van der Waals surface area contributed by atoms with Crippen LogP contribution in [0.2, 0.25) is 0 Å². The fourth-order valence-electron chi connectivity index (χ4n) is 4.39. The van der Waals surface area contributed by atoms with E-state index in [2.05, 4.69) is 32.4 Å². The summed E-state index contributed by atoms with van der Waals surface area (Å²) in [5.41, 5.74) is 7.80. The lowest BCUT2D eigenvalue weighted by molar-refractivity contribution is -0.118. The first kappa shape index (κ1) is 26.1. The Labute approximate surface area is 229 Å². The Morgan fingerprint density at radius 3 is 2.62 bits per heavy atom. The molecule has 0 aliphatic heterocycles. The Morgan fingerprint density at radius 2 is 1.85 bits per heavy atom. The van der Waals surface area contributed by atoms with Gasteiger partial charge in [-0.2, -0.15) is 0 Å². The summed E-state index contributed by atoms with van der Waals surface area (Å²) < 4.78 is 1.47. The fraction of sp³-hybridized carbons (Fsp3) is 0.133. The second-order valence-corrected chi connectivity index (χ2v) is 9.01. The van der Waals surface area contributed by atoms with Crippen LogP contribution in [0.3, 0.4) is 0 Å². The number of pyridine rings is 2.